The predicted molar refractivity (Wildman–Crippen MR) is 122 cm³/mol. The number of hydrogen-bond acceptors (Lipinski definition) is 5. The number of halogens is 1. The highest BCUT2D eigenvalue weighted by Gasteiger charge is 2.24. The second-order valence-electron chi connectivity index (χ2n) is 6.78. The summed E-state index contributed by atoms with van der Waals surface area (Å²) in [5, 5.41) is 9.72. The van der Waals surface area contributed by atoms with E-state index in [2.05, 4.69) is 10.2 Å². The SMILES string of the molecule is COCCCn1c(SC(C)C(=O)N(C)c2ccccc2)nnc1-c1ccccc1Cl. The van der Waals surface area contributed by atoms with Gasteiger partial charge in [-0.25, -0.2) is 0 Å². The average Bonchev–Trinajstić information content (AvgIpc) is 3.16. The minimum atomic E-state index is -0.334. The maximum atomic E-state index is 13.0. The zero-order valence-corrected chi connectivity index (χ0v) is 18.9. The fraction of sp³-hybridized carbons (Fsp3) is 0.318. The molecule has 0 saturated heterocycles. The Labute approximate surface area is 186 Å². The highest BCUT2D eigenvalue weighted by Crippen LogP contribution is 2.31. The molecule has 1 aromatic heterocycles. The fourth-order valence-electron chi connectivity index (χ4n) is 3.05. The molecule has 1 heterocycles. The number of carbonyl (C=O) groups is 1. The van der Waals surface area contributed by atoms with Gasteiger partial charge in [0.25, 0.3) is 0 Å². The molecule has 30 heavy (non-hydrogen) atoms. The number of aromatic nitrogens is 3. The standard InChI is InChI=1S/C22H25ClN4O2S/c1-16(21(28)26(2)17-10-5-4-6-11-17)30-22-25-24-20(27(22)14-9-15-29-3)18-12-7-8-13-19(18)23/h4-8,10-13,16H,9,14-15H2,1-3H3. The number of amides is 1. The van der Waals surface area contributed by atoms with Crippen molar-refractivity contribution in [3.63, 3.8) is 0 Å². The Balaban J connectivity index is 1.84. The molecule has 3 aromatic rings. The number of carbonyl (C=O) groups excluding carboxylic acids is 1. The number of ether oxygens (including phenoxy) is 1. The van der Waals surface area contributed by atoms with Crippen LogP contribution in [0.5, 0.6) is 0 Å². The molecule has 0 spiro atoms. The van der Waals surface area contributed by atoms with E-state index in [1.807, 2.05) is 66.1 Å². The number of hydrogen-bond donors (Lipinski definition) is 0. The van der Waals surface area contributed by atoms with Crippen LogP contribution >= 0.6 is 23.4 Å². The lowest BCUT2D eigenvalue weighted by Crippen LogP contribution is -2.33. The molecule has 2 aromatic carbocycles. The van der Waals surface area contributed by atoms with E-state index in [4.69, 9.17) is 16.3 Å². The molecule has 0 saturated carbocycles. The van der Waals surface area contributed by atoms with Gasteiger partial charge >= 0.3 is 0 Å². The maximum Gasteiger partial charge on any atom is 0.240 e. The van der Waals surface area contributed by atoms with Gasteiger partial charge in [-0.15, -0.1) is 10.2 Å². The molecule has 1 amide bonds. The first-order chi connectivity index (χ1) is 14.5. The van der Waals surface area contributed by atoms with Crippen molar-refractivity contribution >= 4 is 35.0 Å². The van der Waals surface area contributed by atoms with Crippen LogP contribution < -0.4 is 4.90 Å². The van der Waals surface area contributed by atoms with Crippen LogP contribution in [0.25, 0.3) is 11.4 Å². The third-order valence-electron chi connectivity index (χ3n) is 4.67. The molecule has 0 fully saturated rings. The molecule has 0 aliphatic carbocycles. The van der Waals surface area contributed by atoms with Gasteiger partial charge in [-0.1, -0.05) is 53.7 Å². The number of rotatable bonds is 9. The molecular formula is C22H25ClN4O2S. The molecular weight excluding hydrogens is 420 g/mol. The smallest absolute Gasteiger partial charge is 0.240 e. The van der Waals surface area contributed by atoms with Gasteiger partial charge in [0.05, 0.1) is 10.3 Å². The van der Waals surface area contributed by atoms with Gasteiger partial charge in [-0.05, 0) is 37.6 Å². The number of benzene rings is 2. The van der Waals surface area contributed by atoms with Crippen molar-refractivity contribution in [1.29, 1.82) is 0 Å². The Kier molecular flexibility index (Phi) is 7.90. The van der Waals surface area contributed by atoms with E-state index in [-0.39, 0.29) is 11.2 Å². The van der Waals surface area contributed by atoms with E-state index in [1.165, 1.54) is 11.8 Å². The second-order valence-corrected chi connectivity index (χ2v) is 8.49. The van der Waals surface area contributed by atoms with Crippen molar-refractivity contribution in [3.05, 3.63) is 59.6 Å². The van der Waals surface area contributed by atoms with Crippen LogP contribution in [0.2, 0.25) is 5.02 Å². The number of para-hydroxylation sites is 1. The summed E-state index contributed by atoms with van der Waals surface area (Å²) < 4.78 is 7.21. The largest absolute Gasteiger partial charge is 0.385 e. The van der Waals surface area contributed by atoms with E-state index in [0.29, 0.717) is 29.2 Å². The lowest BCUT2D eigenvalue weighted by molar-refractivity contribution is -0.117. The summed E-state index contributed by atoms with van der Waals surface area (Å²) in [7, 11) is 3.46. The summed E-state index contributed by atoms with van der Waals surface area (Å²) in [5.74, 6) is 0.687. The summed E-state index contributed by atoms with van der Waals surface area (Å²) in [5.41, 5.74) is 1.67. The molecule has 0 aliphatic heterocycles. The van der Waals surface area contributed by atoms with Crippen LogP contribution in [-0.2, 0) is 16.1 Å². The first kappa shape index (κ1) is 22.3. The van der Waals surface area contributed by atoms with Gasteiger partial charge in [0.15, 0.2) is 11.0 Å². The molecule has 158 valence electrons. The Morgan fingerprint density at radius 2 is 1.87 bits per heavy atom. The molecule has 3 rings (SSSR count). The zero-order chi connectivity index (χ0) is 21.5. The topological polar surface area (TPSA) is 60.2 Å². The lowest BCUT2D eigenvalue weighted by Gasteiger charge is -2.21. The first-order valence-electron chi connectivity index (χ1n) is 9.69. The number of thioether (sulfide) groups is 1. The van der Waals surface area contributed by atoms with Crippen molar-refractivity contribution in [2.24, 2.45) is 0 Å². The van der Waals surface area contributed by atoms with Crippen molar-refractivity contribution in [1.82, 2.24) is 14.8 Å². The van der Waals surface area contributed by atoms with Crippen LogP contribution in [0.3, 0.4) is 0 Å². The minimum absolute atomic E-state index is 0.00284. The Morgan fingerprint density at radius 3 is 2.57 bits per heavy atom. The van der Waals surface area contributed by atoms with E-state index >= 15 is 0 Å². The van der Waals surface area contributed by atoms with Crippen molar-refractivity contribution in [2.75, 3.05) is 25.7 Å². The number of methoxy groups -OCH3 is 1. The lowest BCUT2D eigenvalue weighted by atomic mass is 10.2. The molecule has 0 radical (unpaired) electrons. The monoisotopic (exact) mass is 444 g/mol. The molecule has 0 N–H and O–H groups in total. The van der Waals surface area contributed by atoms with Crippen LogP contribution in [-0.4, -0.2) is 46.7 Å². The van der Waals surface area contributed by atoms with Gasteiger partial charge in [0.1, 0.15) is 0 Å². The summed E-state index contributed by atoms with van der Waals surface area (Å²) in [6.45, 7) is 3.17. The van der Waals surface area contributed by atoms with Crippen LogP contribution in [0, 0.1) is 0 Å². The number of anilines is 1. The maximum absolute atomic E-state index is 13.0. The molecule has 1 atom stereocenters. The van der Waals surface area contributed by atoms with E-state index < -0.39 is 0 Å². The second kappa shape index (κ2) is 10.6. The third kappa shape index (κ3) is 5.22. The Morgan fingerprint density at radius 1 is 1.17 bits per heavy atom. The molecule has 0 bridgehead atoms. The number of nitrogens with zero attached hydrogens (tertiary/aromatic N) is 4. The van der Waals surface area contributed by atoms with Gasteiger partial charge in [-0.2, -0.15) is 0 Å². The summed E-state index contributed by atoms with van der Waals surface area (Å²) in [6, 6.07) is 17.1. The zero-order valence-electron chi connectivity index (χ0n) is 17.3. The summed E-state index contributed by atoms with van der Waals surface area (Å²) in [4.78, 5) is 14.6. The molecule has 1 unspecified atom stereocenters. The Hall–Kier alpha value is -2.35. The minimum Gasteiger partial charge on any atom is -0.385 e. The van der Waals surface area contributed by atoms with Gasteiger partial charge in [-0.3, -0.25) is 4.79 Å². The van der Waals surface area contributed by atoms with Gasteiger partial charge in [0, 0.05) is 38.6 Å². The van der Waals surface area contributed by atoms with Gasteiger partial charge in [0.2, 0.25) is 5.91 Å². The normalized spacial score (nSPS) is 12.0. The van der Waals surface area contributed by atoms with Crippen LogP contribution in [0.15, 0.2) is 59.8 Å². The van der Waals surface area contributed by atoms with E-state index in [0.717, 1.165) is 17.7 Å². The third-order valence-corrected chi connectivity index (χ3v) is 6.06. The van der Waals surface area contributed by atoms with Crippen LogP contribution in [0.1, 0.15) is 13.3 Å². The van der Waals surface area contributed by atoms with Gasteiger partial charge < -0.3 is 14.2 Å². The highest BCUT2D eigenvalue weighted by molar-refractivity contribution is 8.00. The molecule has 6 nitrogen and oxygen atoms in total. The quantitative estimate of drug-likeness (QED) is 0.351. The summed E-state index contributed by atoms with van der Waals surface area (Å²) in [6.07, 6.45) is 0.797. The van der Waals surface area contributed by atoms with Crippen molar-refractivity contribution < 1.29 is 9.53 Å². The molecule has 0 aliphatic rings. The first-order valence-corrected chi connectivity index (χ1v) is 10.9. The predicted octanol–water partition coefficient (Wildman–Crippen LogP) is 4.78. The average molecular weight is 445 g/mol. The Bertz CT molecular complexity index is 980. The van der Waals surface area contributed by atoms with Crippen LogP contribution in [0.4, 0.5) is 5.69 Å². The molecule has 8 heteroatoms. The van der Waals surface area contributed by atoms with Crippen molar-refractivity contribution in [2.45, 2.75) is 30.3 Å². The van der Waals surface area contributed by atoms with Crippen molar-refractivity contribution in [3.8, 4) is 11.4 Å². The summed E-state index contributed by atoms with van der Waals surface area (Å²) >= 11 is 7.79. The highest BCUT2D eigenvalue weighted by atomic mass is 35.5. The fourth-order valence-corrected chi connectivity index (χ4v) is 4.23. The van der Waals surface area contributed by atoms with E-state index in [1.54, 1.807) is 19.1 Å². The van der Waals surface area contributed by atoms with E-state index in [9.17, 15) is 4.79 Å².